The summed E-state index contributed by atoms with van der Waals surface area (Å²) in [6.07, 6.45) is 1.99. The van der Waals surface area contributed by atoms with Gasteiger partial charge in [-0.25, -0.2) is 0 Å². The molecule has 0 amide bonds. The summed E-state index contributed by atoms with van der Waals surface area (Å²) < 4.78 is 11.2. The fourth-order valence-electron chi connectivity index (χ4n) is 2.85. The van der Waals surface area contributed by atoms with Crippen molar-refractivity contribution in [3.05, 3.63) is 59.2 Å². The van der Waals surface area contributed by atoms with Gasteiger partial charge in [-0.2, -0.15) is 0 Å². The molecule has 2 rings (SSSR count). The third-order valence-corrected chi connectivity index (χ3v) is 4.01. The van der Waals surface area contributed by atoms with Crippen molar-refractivity contribution in [2.75, 3.05) is 20.3 Å². The van der Waals surface area contributed by atoms with Crippen LogP contribution in [0.15, 0.2) is 42.5 Å². The lowest BCUT2D eigenvalue weighted by Crippen LogP contribution is -2.14. The average Bonchev–Trinajstić information content (AvgIpc) is 2.54. The van der Waals surface area contributed by atoms with Crippen LogP contribution in [-0.4, -0.2) is 20.3 Å². The quantitative estimate of drug-likeness (QED) is 0.742. The van der Waals surface area contributed by atoms with Gasteiger partial charge in [-0.15, -0.1) is 0 Å². The Hall–Kier alpha value is -2.00. The third-order valence-electron chi connectivity index (χ3n) is 4.01. The minimum atomic E-state index is 0.341. The summed E-state index contributed by atoms with van der Waals surface area (Å²) in [5, 5.41) is 0. The number of aryl methyl sites for hydroxylation is 2. The van der Waals surface area contributed by atoms with Crippen LogP contribution >= 0.6 is 0 Å². The van der Waals surface area contributed by atoms with E-state index in [4.69, 9.17) is 15.2 Å². The minimum absolute atomic E-state index is 0.341. The summed E-state index contributed by atoms with van der Waals surface area (Å²) in [5.41, 5.74) is 9.65. The Labute approximate surface area is 139 Å². The maximum absolute atomic E-state index is 5.95. The number of methoxy groups -OCH3 is 1. The van der Waals surface area contributed by atoms with Crippen LogP contribution in [0.5, 0.6) is 11.5 Å². The zero-order valence-corrected chi connectivity index (χ0v) is 14.3. The second-order valence-corrected chi connectivity index (χ2v) is 6.02. The fraction of sp³-hybridized carbons (Fsp3) is 0.400. The molecule has 2 N–H and O–H groups in total. The SMILES string of the molecule is COc1cccc(C(CN)CCCOc2cc(C)cc(C)c2)c1. The molecule has 0 spiro atoms. The van der Waals surface area contributed by atoms with E-state index < -0.39 is 0 Å². The summed E-state index contributed by atoms with van der Waals surface area (Å²) >= 11 is 0. The highest BCUT2D eigenvalue weighted by molar-refractivity contribution is 5.33. The zero-order chi connectivity index (χ0) is 16.7. The van der Waals surface area contributed by atoms with E-state index in [1.54, 1.807) is 7.11 Å². The molecule has 1 unspecified atom stereocenters. The molecule has 1 atom stereocenters. The second-order valence-electron chi connectivity index (χ2n) is 6.02. The first-order valence-corrected chi connectivity index (χ1v) is 8.17. The summed E-state index contributed by atoms with van der Waals surface area (Å²) in [6.45, 7) is 5.53. The Morgan fingerprint density at radius 2 is 1.74 bits per heavy atom. The largest absolute Gasteiger partial charge is 0.497 e. The average molecular weight is 313 g/mol. The molecule has 0 aliphatic carbocycles. The van der Waals surface area contributed by atoms with Gasteiger partial charge in [-0.05, 0) is 80.1 Å². The molecule has 3 heteroatoms. The lowest BCUT2D eigenvalue weighted by molar-refractivity contribution is 0.301. The molecule has 2 aromatic rings. The third kappa shape index (κ3) is 5.29. The lowest BCUT2D eigenvalue weighted by Gasteiger charge is -2.16. The maximum Gasteiger partial charge on any atom is 0.119 e. The molecule has 0 aromatic heterocycles. The van der Waals surface area contributed by atoms with Crippen molar-refractivity contribution in [2.24, 2.45) is 5.73 Å². The number of benzene rings is 2. The summed E-state index contributed by atoms with van der Waals surface area (Å²) in [4.78, 5) is 0. The van der Waals surface area contributed by atoms with Crippen LogP contribution in [-0.2, 0) is 0 Å². The topological polar surface area (TPSA) is 44.5 Å². The fourth-order valence-corrected chi connectivity index (χ4v) is 2.85. The van der Waals surface area contributed by atoms with Gasteiger partial charge in [0.25, 0.3) is 0 Å². The normalized spacial score (nSPS) is 12.0. The number of rotatable bonds is 8. The summed E-state index contributed by atoms with van der Waals surface area (Å²) in [6, 6.07) is 14.5. The van der Waals surface area contributed by atoms with Gasteiger partial charge in [-0.3, -0.25) is 0 Å². The van der Waals surface area contributed by atoms with E-state index in [2.05, 4.69) is 44.2 Å². The first-order chi connectivity index (χ1) is 11.1. The van der Waals surface area contributed by atoms with Crippen LogP contribution < -0.4 is 15.2 Å². The highest BCUT2D eigenvalue weighted by Gasteiger charge is 2.10. The van der Waals surface area contributed by atoms with E-state index >= 15 is 0 Å². The van der Waals surface area contributed by atoms with Crippen LogP contribution in [0, 0.1) is 13.8 Å². The Bertz CT molecular complexity index is 605. The van der Waals surface area contributed by atoms with Crippen LogP contribution in [0.4, 0.5) is 0 Å². The van der Waals surface area contributed by atoms with E-state index in [0.717, 1.165) is 24.3 Å². The van der Waals surface area contributed by atoms with Gasteiger partial charge in [0.2, 0.25) is 0 Å². The Balaban J connectivity index is 1.85. The molecule has 23 heavy (non-hydrogen) atoms. The van der Waals surface area contributed by atoms with Crippen molar-refractivity contribution in [2.45, 2.75) is 32.6 Å². The number of hydrogen-bond acceptors (Lipinski definition) is 3. The second kappa shape index (κ2) is 8.59. The zero-order valence-electron chi connectivity index (χ0n) is 14.3. The van der Waals surface area contributed by atoms with Crippen molar-refractivity contribution in [1.82, 2.24) is 0 Å². The molecule has 3 nitrogen and oxygen atoms in total. The van der Waals surface area contributed by atoms with Gasteiger partial charge in [0.15, 0.2) is 0 Å². The number of nitrogens with two attached hydrogens (primary N) is 1. The van der Waals surface area contributed by atoms with E-state index in [1.165, 1.54) is 16.7 Å². The van der Waals surface area contributed by atoms with Crippen LogP contribution in [0.2, 0.25) is 0 Å². The standard InChI is InChI=1S/C20H27NO2/c1-15-10-16(2)12-20(11-15)23-9-5-7-18(14-21)17-6-4-8-19(13-17)22-3/h4,6,8,10-13,18H,5,7,9,14,21H2,1-3H3. The molecule has 0 radical (unpaired) electrons. The molecule has 0 bridgehead atoms. The molecule has 0 saturated carbocycles. The molecule has 2 aromatic carbocycles. The first-order valence-electron chi connectivity index (χ1n) is 8.17. The van der Waals surface area contributed by atoms with Crippen LogP contribution in [0.1, 0.15) is 35.4 Å². The summed E-state index contributed by atoms with van der Waals surface area (Å²) in [7, 11) is 1.69. The highest BCUT2D eigenvalue weighted by atomic mass is 16.5. The van der Waals surface area contributed by atoms with Crippen molar-refractivity contribution in [1.29, 1.82) is 0 Å². The molecular formula is C20H27NO2. The van der Waals surface area contributed by atoms with Gasteiger partial charge >= 0.3 is 0 Å². The monoisotopic (exact) mass is 313 g/mol. The van der Waals surface area contributed by atoms with Gasteiger partial charge in [0, 0.05) is 0 Å². The predicted molar refractivity (Wildman–Crippen MR) is 95.4 cm³/mol. The molecular weight excluding hydrogens is 286 g/mol. The Morgan fingerprint density at radius 3 is 2.39 bits per heavy atom. The van der Waals surface area contributed by atoms with Crippen LogP contribution in [0.3, 0.4) is 0 Å². The Kier molecular flexibility index (Phi) is 6.48. The Morgan fingerprint density at radius 1 is 1.00 bits per heavy atom. The lowest BCUT2D eigenvalue weighted by atomic mass is 9.94. The van der Waals surface area contributed by atoms with Crippen molar-refractivity contribution >= 4 is 0 Å². The molecule has 0 aliphatic rings. The summed E-state index contributed by atoms with van der Waals surface area (Å²) in [5.74, 6) is 2.17. The molecule has 0 fully saturated rings. The molecule has 0 aliphatic heterocycles. The van der Waals surface area contributed by atoms with Gasteiger partial charge in [0.1, 0.15) is 11.5 Å². The molecule has 124 valence electrons. The van der Waals surface area contributed by atoms with E-state index in [-0.39, 0.29) is 0 Å². The van der Waals surface area contributed by atoms with E-state index in [0.29, 0.717) is 19.1 Å². The number of ether oxygens (including phenoxy) is 2. The van der Waals surface area contributed by atoms with Gasteiger partial charge in [0.05, 0.1) is 13.7 Å². The van der Waals surface area contributed by atoms with Crippen molar-refractivity contribution < 1.29 is 9.47 Å². The van der Waals surface area contributed by atoms with E-state index in [9.17, 15) is 0 Å². The minimum Gasteiger partial charge on any atom is -0.497 e. The van der Waals surface area contributed by atoms with Gasteiger partial charge in [-0.1, -0.05) is 18.2 Å². The van der Waals surface area contributed by atoms with Gasteiger partial charge < -0.3 is 15.2 Å². The maximum atomic E-state index is 5.95. The highest BCUT2D eigenvalue weighted by Crippen LogP contribution is 2.24. The van der Waals surface area contributed by atoms with Crippen molar-refractivity contribution in [3.8, 4) is 11.5 Å². The first kappa shape index (κ1) is 17.4. The van der Waals surface area contributed by atoms with Crippen molar-refractivity contribution in [3.63, 3.8) is 0 Å². The molecule has 0 heterocycles. The number of hydrogen-bond donors (Lipinski definition) is 1. The smallest absolute Gasteiger partial charge is 0.119 e. The molecule has 0 saturated heterocycles. The predicted octanol–water partition coefficient (Wildman–Crippen LogP) is 4.21. The van der Waals surface area contributed by atoms with E-state index in [1.807, 2.05) is 12.1 Å². The van der Waals surface area contributed by atoms with Crippen LogP contribution in [0.25, 0.3) is 0 Å².